The molecule has 1 unspecified atom stereocenters. The Labute approximate surface area is 178 Å². The zero-order valence-electron chi connectivity index (χ0n) is 17.7. The number of hydrogen-bond donors (Lipinski definition) is 1. The first-order valence-corrected chi connectivity index (χ1v) is 10.8. The SMILES string of the molecule is CC1(C(=O)O)CCN(Cc2ccc(C3(CC4=CC=CCC4)COC=CO3)cc2)CC1. The Kier molecular flexibility index (Phi) is 6.00. The zero-order chi connectivity index (χ0) is 21.0. The molecule has 1 aromatic carbocycles. The van der Waals surface area contributed by atoms with Crippen LogP contribution in [0.2, 0.25) is 0 Å². The number of carboxylic acids is 1. The first-order chi connectivity index (χ1) is 14.5. The summed E-state index contributed by atoms with van der Waals surface area (Å²) in [5.41, 5.74) is 2.68. The lowest BCUT2D eigenvalue weighted by Gasteiger charge is -2.37. The van der Waals surface area contributed by atoms with Crippen LogP contribution in [0.1, 0.15) is 50.2 Å². The van der Waals surface area contributed by atoms with E-state index in [-0.39, 0.29) is 0 Å². The number of nitrogens with zero attached hydrogens (tertiary/aromatic N) is 1. The van der Waals surface area contributed by atoms with Gasteiger partial charge in [0.05, 0.1) is 5.41 Å². The highest BCUT2D eigenvalue weighted by Gasteiger charge is 2.38. The van der Waals surface area contributed by atoms with E-state index < -0.39 is 17.0 Å². The molecule has 2 aliphatic heterocycles. The number of benzene rings is 1. The predicted molar refractivity (Wildman–Crippen MR) is 116 cm³/mol. The van der Waals surface area contributed by atoms with Crippen molar-refractivity contribution in [1.29, 1.82) is 0 Å². The topological polar surface area (TPSA) is 59.0 Å². The Morgan fingerprint density at radius 2 is 1.93 bits per heavy atom. The van der Waals surface area contributed by atoms with Crippen molar-refractivity contribution in [1.82, 2.24) is 4.90 Å². The molecule has 0 spiro atoms. The van der Waals surface area contributed by atoms with Crippen LogP contribution in [0.15, 0.2) is 60.6 Å². The average Bonchev–Trinajstić information content (AvgIpc) is 2.77. The number of ether oxygens (including phenoxy) is 2. The number of likely N-dealkylation sites (tertiary alicyclic amines) is 1. The molecule has 160 valence electrons. The van der Waals surface area contributed by atoms with Gasteiger partial charge in [0, 0.05) is 13.0 Å². The summed E-state index contributed by atoms with van der Waals surface area (Å²) in [5, 5.41) is 9.42. The minimum Gasteiger partial charge on any atom is -0.493 e. The summed E-state index contributed by atoms with van der Waals surface area (Å²) in [7, 11) is 0. The van der Waals surface area contributed by atoms with Gasteiger partial charge in [-0.2, -0.15) is 0 Å². The van der Waals surface area contributed by atoms with Gasteiger partial charge in [-0.3, -0.25) is 9.69 Å². The summed E-state index contributed by atoms with van der Waals surface area (Å²) in [6.07, 6.45) is 14.2. The Hall–Kier alpha value is -2.53. The van der Waals surface area contributed by atoms with Gasteiger partial charge in [0.1, 0.15) is 19.1 Å². The summed E-state index contributed by atoms with van der Waals surface area (Å²) in [6, 6.07) is 8.64. The summed E-state index contributed by atoms with van der Waals surface area (Å²) in [4.78, 5) is 13.8. The van der Waals surface area contributed by atoms with E-state index in [1.807, 2.05) is 6.92 Å². The number of piperidine rings is 1. The van der Waals surface area contributed by atoms with Crippen LogP contribution in [0.25, 0.3) is 0 Å². The van der Waals surface area contributed by atoms with Crippen molar-refractivity contribution < 1.29 is 19.4 Å². The highest BCUT2D eigenvalue weighted by molar-refractivity contribution is 5.74. The fourth-order valence-corrected chi connectivity index (χ4v) is 4.52. The highest BCUT2D eigenvalue weighted by atomic mass is 16.6. The zero-order valence-corrected chi connectivity index (χ0v) is 17.7. The Morgan fingerprint density at radius 1 is 1.17 bits per heavy atom. The molecular formula is C25H31NO4. The number of allylic oxidation sites excluding steroid dienone is 3. The van der Waals surface area contributed by atoms with Crippen LogP contribution in [0.4, 0.5) is 0 Å². The van der Waals surface area contributed by atoms with Crippen LogP contribution >= 0.6 is 0 Å². The molecule has 0 aromatic heterocycles. The maximum Gasteiger partial charge on any atom is 0.309 e. The molecule has 0 amide bonds. The van der Waals surface area contributed by atoms with Crippen LogP contribution in [0.5, 0.6) is 0 Å². The first kappa shape index (κ1) is 20.7. The van der Waals surface area contributed by atoms with Crippen molar-refractivity contribution in [3.8, 4) is 0 Å². The number of carboxylic acid groups (broad SMARTS) is 1. The lowest BCUT2D eigenvalue weighted by molar-refractivity contribution is -0.150. The van der Waals surface area contributed by atoms with E-state index in [2.05, 4.69) is 47.4 Å². The Balaban J connectivity index is 1.44. The lowest BCUT2D eigenvalue weighted by atomic mass is 9.80. The van der Waals surface area contributed by atoms with Crippen LogP contribution in [-0.2, 0) is 26.4 Å². The van der Waals surface area contributed by atoms with Crippen LogP contribution in [-0.4, -0.2) is 35.7 Å². The van der Waals surface area contributed by atoms with E-state index in [0.29, 0.717) is 19.4 Å². The Morgan fingerprint density at radius 3 is 2.53 bits per heavy atom. The second kappa shape index (κ2) is 8.68. The average molecular weight is 410 g/mol. The number of aliphatic carboxylic acids is 1. The molecule has 0 radical (unpaired) electrons. The molecule has 1 fully saturated rings. The van der Waals surface area contributed by atoms with Gasteiger partial charge in [0.15, 0.2) is 5.60 Å². The molecule has 30 heavy (non-hydrogen) atoms. The van der Waals surface area contributed by atoms with E-state index in [9.17, 15) is 9.90 Å². The summed E-state index contributed by atoms with van der Waals surface area (Å²) in [6.45, 7) is 4.84. The molecule has 1 atom stereocenters. The normalized spacial score (nSPS) is 25.8. The molecule has 5 heteroatoms. The summed E-state index contributed by atoms with van der Waals surface area (Å²) >= 11 is 0. The van der Waals surface area contributed by atoms with Crippen molar-refractivity contribution in [2.75, 3.05) is 19.7 Å². The van der Waals surface area contributed by atoms with Crippen molar-refractivity contribution in [3.63, 3.8) is 0 Å². The third kappa shape index (κ3) is 4.46. The number of hydrogen-bond acceptors (Lipinski definition) is 4. The van der Waals surface area contributed by atoms with E-state index in [1.54, 1.807) is 12.5 Å². The minimum absolute atomic E-state index is 0.487. The smallest absolute Gasteiger partial charge is 0.309 e. The van der Waals surface area contributed by atoms with E-state index in [4.69, 9.17) is 9.47 Å². The largest absolute Gasteiger partial charge is 0.493 e. The standard InChI is InChI=1S/C25H31NO4/c1-24(23(27)28)11-13-26(14-12-24)18-21-7-9-22(10-8-21)25(19-29-15-16-30-25)17-20-5-3-2-4-6-20/h2-3,5,7-10,15-16H,4,6,11-14,17-19H2,1H3,(H,27,28). The molecule has 1 aromatic rings. The van der Waals surface area contributed by atoms with Gasteiger partial charge in [0.25, 0.3) is 0 Å². The van der Waals surface area contributed by atoms with E-state index >= 15 is 0 Å². The van der Waals surface area contributed by atoms with Crippen LogP contribution in [0.3, 0.4) is 0 Å². The lowest BCUT2D eigenvalue weighted by Crippen LogP contribution is -2.42. The molecule has 1 aliphatic carbocycles. The maximum atomic E-state index is 11.4. The van der Waals surface area contributed by atoms with E-state index in [0.717, 1.165) is 44.5 Å². The van der Waals surface area contributed by atoms with Gasteiger partial charge in [0.2, 0.25) is 0 Å². The monoisotopic (exact) mass is 409 g/mol. The fourth-order valence-electron chi connectivity index (χ4n) is 4.52. The van der Waals surface area contributed by atoms with Crippen LogP contribution in [0, 0.1) is 5.41 Å². The molecular weight excluding hydrogens is 378 g/mol. The summed E-state index contributed by atoms with van der Waals surface area (Å²) in [5.74, 6) is -0.677. The van der Waals surface area contributed by atoms with Crippen molar-refractivity contribution >= 4 is 5.97 Å². The second-order valence-electron chi connectivity index (χ2n) is 9.00. The quantitative estimate of drug-likeness (QED) is 0.735. The summed E-state index contributed by atoms with van der Waals surface area (Å²) < 4.78 is 11.8. The third-order valence-corrected chi connectivity index (χ3v) is 6.74. The molecule has 4 rings (SSSR count). The highest BCUT2D eigenvalue weighted by Crippen LogP contribution is 2.38. The van der Waals surface area contributed by atoms with Crippen LogP contribution < -0.4 is 0 Å². The molecule has 0 bridgehead atoms. The second-order valence-corrected chi connectivity index (χ2v) is 9.00. The van der Waals surface area contributed by atoms with Gasteiger partial charge in [-0.25, -0.2) is 0 Å². The van der Waals surface area contributed by atoms with Crippen molar-refractivity contribution in [2.24, 2.45) is 5.41 Å². The maximum absolute atomic E-state index is 11.4. The molecule has 1 N–H and O–H groups in total. The fraction of sp³-hybridized carbons (Fsp3) is 0.480. The van der Waals surface area contributed by atoms with Gasteiger partial charge in [-0.05, 0) is 56.8 Å². The van der Waals surface area contributed by atoms with Crippen molar-refractivity contribution in [2.45, 2.75) is 51.2 Å². The number of rotatable bonds is 6. The first-order valence-electron chi connectivity index (χ1n) is 10.8. The molecule has 3 aliphatic rings. The predicted octanol–water partition coefficient (Wildman–Crippen LogP) is 4.75. The van der Waals surface area contributed by atoms with Gasteiger partial charge >= 0.3 is 5.97 Å². The molecule has 1 saturated heterocycles. The van der Waals surface area contributed by atoms with E-state index in [1.165, 1.54) is 11.1 Å². The molecule has 5 nitrogen and oxygen atoms in total. The third-order valence-electron chi connectivity index (χ3n) is 6.74. The van der Waals surface area contributed by atoms with Gasteiger partial charge in [-0.1, -0.05) is 48.1 Å². The van der Waals surface area contributed by atoms with Crippen molar-refractivity contribution in [3.05, 3.63) is 71.7 Å². The number of carbonyl (C=O) groups is 1. The minimum atomic E-state index is -0.677. The molecule has 2 heterocycles. The van der Waals surface area contributed by atoms with Gasteiger partial charge < -0.3 is 14.6 Å². The molecule has 0 saturated carbocycles. The Bertz CT molecular complexity index is 846. The van der Waals surface area contributed by atoms with Gasteiger partial charge in [-0.15, -0.1) is 0 Å².